The van der Waals surface area contributed by atoms with Crippen LogP contribution in [0.3, 0.4) is 0 Å². The van der Waals surface area contributed by atoms with Crippen LogP contribution in [-0.4, -0.2) is 18.1 Å². The predicted octanol–water partition coefficient (Wildman–Crippen LogP) is 1.07. The Morgan fingerprint density at radius 2 is 2.29 bits per heavy atom. The zero-order valence-electron chi connectivity index (χ0n) is 7.27. The Labute approximate surface area is 79.4 Å². The average Bonchev–Trinajstić information content (AvgIpc) is 2.14. The Balaban J connectivity index is 2.97. The molecule has 14 heavy (non-hydrogen) atoms. The third-order valence-corrected chi connectivity index (χ3v) is 1.49. The van der Waals surface area contributed by atoms with Gasteiger partial charge in [0.1, 0.15) is 12.4 Å². The molecule has 0 saturated carbocycles. The van der Waals surface area contributed by atoms with E-state index in [1.54, 1.807) is 0 Å². The van der Waals surface area contributed by atoms with Crippen molar-refractivity contribution in [1.29, 1.82) is 0 Å². The van der Waals surface area contributed by atoms with Crippen molar-refractivity contribution in [1.82, 2.24) is 0 Å². The minimum atomic E-state index is -0.634. The SMILES string of the molecule is NCCOc1cc(F)ccc1[N+](=O)[O-]. The first kappa shape index (κ1) is 10.4. The molecule has 0 aliphatic carbocycles. The van der Waals surface area contributed by atoms with Crippen LogP contribution in [0.1, 0.15) is 0 Å². The fourth-order valence-corrected chi connectivity index (χ4v) is 0.923. The number of nitrogens with zero attached hydrogens (tertiary/aromatic N) is 1. The van der Waals surface area contributed by atoms with Gasteiger partial charge in [0.25, 0.3) is 0 Å². The van der Waals surface area contributed by atoms with Gasteiger partial charge in [-0.15, -0.1) is 0 Å². The molecule has 0 unspecified atom stereocenters. The summed E-state index contributed by atoms with van der Waals surface area (Å²) in [4.78, 5) is 9.83. The molecular weight excluding hydrogens is 191 g/mol. The summed E-state index contributed by atoms with van der Waals surface area (Å²) in [5, 5.41) is 10.5. The minimum Gasteiger partial charge on any atom is -0.485 e. The number of halogens is 1. The lowest BCUT2D eigenvalue weighted by Crippen LogP contribution is -2.11. The Bertz CT molecular complexity index is 343. The van der Waals surface area contributed by atoms with Crippen LogP contribution in [0.2, 0.25) is 0 Å². The lowest BCUT2D eigenvalue weighted by molar-refractivity contribution is -0.385. The molecule has 0 radical (unpaired) electrons. The van der Waals surface area contributed by atoms with Gasteiger partial charge in [0.15, 0.2) is 5.75 Å². The quantitative estimate of drug-likeness (QED) is 0.582. The van der Waals surface area contributed by atoms with Gasteiger partial charge in [-0.25, -0.2) is 4.39 Å². The number of nitro groups is 1. The van der Waals surface area contributed by atoms with Gasteiger partial charge in [-0.3, -0.25) is 10.1 Å². The molecule has 76 valence electrons. The monoisotopic (exact) mass is 200 g/mol. The number of ether oxygens (including phenoxy) is 1. The van der Waals surface area contributed by atoms with Gasteiger partial charge in [0.05, 0.1) is 4.92 Å². The van der Waals surface area contributed by atoms with Crippen LogP contribution in [0.25, 0.3) is 0 Å². The van der Waals surface area contributed by atoms with Gasteiger partial charge >= 0.3 is 5.69 Å². The third-order valence-electron chi connectivity index (χ3n) is 1.49. The summed E-state index contributed by atoms with van der Waals surface area (Å²) < 4.78 is 17.6. The summed E-state index contributed by atoms with van der Waals surface area (Å²) in [6.45, 7) is 0.331. The molecule has 2 N–H and O–H groups in total. The predicted molar refractivity (Wildman–Crippen MR) is 47.6 cm³/mol. The van der Waals surface area contributed by atoms with E-state index >= 15 is 0 Å². The number of rotatable bonds is 4. The Morgan fingerprint density at radius 3 is 2.86 bits per heavy atom. The lowest BCUT2D eigenvalue weighted by atomic mass is 10.3. The molecule has 0 aliphatic rings. The van der Waals surface area contributed by atoms with E-state index in [2.05, 4.69) is 0 Å². The highest BCUT2D eigenvalue weighted by Gasteiger charge is 2.15. The number of hydrogen-bond acceptors (Lipinski definition) is 4. The van der Waals surface area contributed by atoms with Crippen LogP contribution >= 0.6 is 0 Å². The number of benzene rings is 1. The Morgan fingerprint density at radius 1 is 1.57 bits per heavy atom. The highest BCUT2D eigenvalue weighted by atomic mass is 19.1. The molecule has 0 saturated heterocycles. The largest absolute Gasteiger partial charge is 0.485 e. The Hall–Kier alpha value is -1.69. The van der Waals surface area contributed by atoms with E-state index in [0.717, 1.165) is 18.2 Å². The van der Waals surface area contributed by atoms with Gasteiger partial charge in [-0.2, -0.15) is 0 Å². The number of hydrogen-bond donors (Lipinski definition) is 1. The zero-order valence-corrected chi connectivity index (χ0v) is 7.27. The molecule has 1 rings (SSSR count). The molecule has 6 heteroatoms. The van der Waals surface area contributed by atoms with Crippen molar-refractivity contribution in [2.75, 3.05) is 13.2 Å². The second-order valence-electron chi connectivity index (χ2n) is 2.51. The maximum Gasteiger partial charge on any atom is 0.311 e. The van der Waals surface area contributed by atoms with E-state index in [1.807, 2.05) is 0 Å². The summed E-state index contributed by atoms with van der Waals surface area (Å²) in [5.41, 5.74) is 4.89. The molecule has 0 heterocycles. The summed E-state index contributed by atoms with van der Waals surface area (Å²) >= 11 is 0. The summed E-state index contributed by atoms with van der Waals surface area (Å²) in [6, 6.07) is 3.03. The number of nitrogens with two attached hydrogens (primary N) is 1. The maximum absolute atomic E-state index is 12.7. The van der Waals surface area contributed by atoms with Crippen molar-refractivity contribution in [2.45, 2.75) is 0 Å². The molecule has 0 atom stereocenters. The van der Waals surface area contributed by atoms with E-state index in [4.69, 9.17) is 10.5 Å². The van der Waals surface area contributed by atoms with Crippen LogP contribution < -0.4 is 10.5 Å². The molecule has 0 amide bonds. The van der Waals surface area contributed by atoms with Crippen LogP contribution in [0.4, 0.5) is 10.1 Å². The van der Waals surface area contributed by atoms with Crippen LogP contribution in [0.15, 0.2) is 18.2 Å². The van der Waals surface area contributed by atoms with Gasteiger partial charge in [-0.05, 0) is 6.07 Å². The molecule has 0 aliphatic heterocycles. The summed E-state index contributed by atoms with van der Waals surface area (Å²) in [7, 11) is 0. The van der Waals surface area contributed by atoms with E-state index in [1.165, 1.54) is 0 Å². The second-order valence-corrected chi connectivity index (χ2v) is 2.51. The zero-order chi connectivity index (χ0) is 10.6. The first-order valence-electron chi connectivity index (χ1n) is 3.92. The van der Waals surface area contributed by atoms with Gasteiger partial charge < -0.3 is 10.5 Å². The first-order valence-corrected chi connectivity index (χ1v) is 3.92. The minimum absolute atomic E-state index is 0.0968. The van der Waals surface area contributed by atoms with Crippen molar-refractivity contribution < 1.29 is 14.1 Å². The lowest BCUT2D eigenvalue weighted by Gasteiger charge is -2.04. The molecule has 0 fully saturated rings. The Kier molecular flexibility index (Phi) is 3.35. The van der Waals surface area contributed by atoms with Crippen molar-refractivity contribution in [3.8, 4) is 5.75 Å². The van der Waals surface area contributed by atoms with E-state index in [0.29, 0.717) is 0 Å². The van der Waals surface area contributed by atoms with E-state index in [-0.39, 0.29) is 24.6 Å². The fraction of sp³-hybridized carbons (Fsp3) is 0.250. The van der Waals surface area contributed by atoms with Gasteiger partial charge in [0.2, 0.25) is 0 Å². The van der Waals surface area contributed by atoms with Crippen LogP contribution in [0.5, 0.6) is 5.75 Å². The fourth-order valence-electron chi connectivity index (χ4n) is 0.923. The molecule has 1 aromatic rings. The molecule has 5 nitrogen and oxygen atoms in total. The number of nitro benzene ring substituents is 1. The van der Waals surface area contributed by atoms with Crippen molar-refractivity contribution in [3.63, 3.8) is 0 Å². The summed E-state index contributed by atoms with van der Waals surface area (Å²) in [5.74, 6) is -0.678. The molecule has 0 aromatic heterocycles. The smallest absolute Gasteiger partial charge is 0.311 e. The first-order chi connectivity index (χ1) is 6.65. The topological polar surface area (TPSA) is 78.4 Å². The van der Waals surface area contributed by atoms with E-state index in [9.17, 15) is 14.5 Å². The second kappa shape index (κ2) is 4.52. The molecule has 0 spiro atoms. The van der Waals surface area contributed by atoms with Crippen LogP contribution in [-0.2, 0) is 0 Å². The van der Waals surface area contributed by atoms with Crippen LogP contribution in [0, 0.1) is 15.9 Å². The van der Waals surface area contributed by atoms with E-state index < -0.39 is 10.7 Å². The summed E-state index contributed by atoms with van der Waals surface area (Å²) in [6.07, 6.45) is 0. The standard InChI is InChI=1S/C8H9FN2O3/c9-6-1-2-7(11(12)13)8(5-6)14-4-3-10/h1-2,5H,3-4,10H2. The average molecular weight is 200 g/mol. The van der Waals surface area contributed by atoms with Gasteiger partial charge in [0, 0.05) is 18.7 Å². The normalized spacial score (nSPS) is 9.86. The maximum atomic E-state index is 12.7. The molecular formula is C8H9FN2O3. The highest BCUT2D eigenvalue weighted by molar-refractivity contribution is 5.46. The van der Waals surface area contributed by atoms with Gasteiger partial charge in [-0.1, -0.05) is 0 Å². The third kappa shape index (κ3) is 2.40. The molecule has 1 aromatic carbocycles. The van der Waals surface area contributed by atoms with Crippen molar-refractivity contribution >= 4 is 5.69 Å². The highest BCUT2D eigenvalue weighted by Crippen LogP contribution is 2.27. The molecule has 0 bridgehead atoms. The van der Waals surface area contributed by atoms with Crippen molar-refractivity contribution in [3.05, 3.63) is 34.1 Å². The van der Waals surface area contributed by atoms with Crippen molar-refractivity contribution in [2.24, 2.45) is 5.73 Å².